The van der Waals surface area contributed by atoms with Crippen molar-refractivity contribution < 1.29 is 9.53 Å². The number of halogens is 1. The topological polar surface area (TPSA) is 41.6 Å². The van der Waals surface area contributed by atoms with Crippen LogP contribution in [0.15, 0.2) is 28.7 Å². The van der Waals surface area contributed by atoms with E-state index in [-0.39, 0.29) is 5.97 Å². The first-order valence-electron chi connectivity index (χ1n) is 6.90. The van der Waals surface area contributed by atoms with Crippen molar-refractivity contribution in [1.82, 2.24) is 10.2 Å². The standard InChI is InChI=1S/C15H21BrN2O2/c1-15(14(19)20-2,12-6-3-4-7-13(12)16)18-10-5-8-17-9-11-18/h3-4,6-7,17H,5,8-11H2,1-2H3. The summed E-state index contributed by atoms with van der Waals surface area (Å²) in [6.07, 6.45) is 1.02. The predicted molar refractivity (Wildman–Crippen MR) is 82.6 cm³/mol. The molecule has 4 nitrogen and oxygen atoms in total. The molecule has 1 atom stereocenters. The number of nitrogens with zero attached hydrogens (tertiary/aromatic N) is 1. The molecule has 0 aromatic heterocycles. The second-order valence-corrected chi connectivity index (χ2v) is 5.99. The van der Waals surface area contributed by atoms with Gasteiger partial charge in [-0.05, 0) is 31.5 Å². The summed E-state index contributed by atoms with van der Waals surface area (Å²) in [6.45, 7) is 5.53. The smallest absolute Gasteiger partial charge is 0.330 e. The van der Waals surface area contributed by atoms with Gasteiger partial charge in [-0.25, -0.2) is 4.79 Å². The van der Waals surface area contributed by atoms with Gasteiger partial charge in [-0.1, -0.05) is 34.1 Å². The van der Waals surface area contributed by atoms with E-state index >= 15 is 0 Å². The van der Waals surface area contributed by atoms with Crippen LogP contribution in [-0.4, -0.2) is 44.2 Å². The molecule has 1 aliphatic rings. The maximum atomic E-state index is 12.5. The van der Waals surface area contributed by atoms with E-state index < -0.39 is 5.54 Å². The highest BCUT2D eigenvalue weighted by Crippen LogP contribution is 2.35. The van der Waals surface area contributed by atoms with Gasteiger partial charge in [0.1, 0.15) is 5.54 Å². The zero-order chi connectivity index (χ0) is 14.6. The minimum absolute atomic E-state index is 0.216. The molecule has 1 saturated heterocycles. The van der Waals surface area contributed by atoms with E-state index in [2.05, 4.69) is 26.1 Å². The van der Waals surface area contributed by atoms with Crippen molar-refractivity contribution in [3.63, 3.8) is 0 Å². The third kappa shape index (κ3) is 2.90. The average molecular weight is 341 g/mol. The fourth-order valence-corrected chi connectivity index (χ4v) is 3.43. The minimum atomic E-state index is -0.763. The Bertz CT molecular complexity index is 473. The van der Waals surface area contributed by atoms with Crippen LogP contribution in [0.2, 0.25) is 0 Å². The maximum Gasteiger partial charge on any atom is 0.330 e. The number of hydrogen-bond acceptors (Lipinski definition) is 4. The number of nitrogens with one attached hydrogen (secondary N) is 1. The molecule has 0 bridgehead atoms. The van der Waals surface area contributed by atoms with Crippen molar-refractivity contribution in [2.75, 3.05) is 33.3 Å². The Balaban J connectivity index is 2.44. The molecule has 1 unspecified atom stereocenters. The van der Waals surface area contributed by atoms with Crippen LogP contribution in [0, 0.1) is 0 Å². The second kappa shape index (κ2) is 6.70. The van der Waals surface area contributed by atoms with Crippen LogP contribution in [0.1, 0.15) is 18.9 Å². The first-order valence-corrected chi connectivity index (χ1v) is 7.69. The zero-order valence-electron chi connectivity index (χ0n) is 12.0. The van der Waals surface area contributed by atoms with Crippen LogP contribution in [0.3, 0.4) is 0 Å². The molecule has 0 radical (unpaired) electrons. The van der Waals surface area contributed by atoms with E-state index in [1.54, 1.807) is 0 Å². The number of esters is 1. The molecule has 110 valence electrons. The SMILES string of the molecule is COC(=O)C(C)(c1ccccc1Br)N1CCCNCC1. The number of carbonyl (C=O) groups excluding carboxylic acids is 1. The predicted octanol–water partition coefficient (Wildman–Crippen LogP) is 2.13. The van der Waals surface area contributed by atoms with Crippen molar-refractivity contribution in [2.24, 2.45) is 0 Å². The number of ether oxygens (including phenoxy) is 1. The number of carbonyl (C=O) groups is 1. The minimum Gasteiger partial charge on any atom is -0.467 e. The van der Waals surface area contributed by atoms with E-state index in [0.29, 0.717) is 0 Å². The molecule has 2 rings (SSSR count). The van der Waals surface area contributed by atoms with Gasteiger partial charge in [-0.2, -0.15) is 0 Å². The molecule has 20 heavy (non-hydrogen) atoms. The molecule has 1 N–H and O–H groups in total. The molecule has 5 heteroatoms. The summed E-state index contributed by atoms with van der Waals surface area (Å²) >= 11 is 3.57. The lowest BCUT2D eigenvalue weighted by atomic mass is 9.89. The van der Waals surface area contributed by atoms with Gasteiger partial charge in [0.25, 0.3) is 0 Å². The highest BCUT2D eigenvalue weighted by atomic mass is 79.9. The third-order valence-corrected chi connectivity index (χ3v) is 4.65. The normalized spacial score (nSPS) is 19.9. The molecular formula is C15H21BrN2O2. The third-order valence-electron chi connectivity index (χ3n) is 3.95. The van der Waals surface area contributed by atoms with Crippen molar-refractivity contribution in [3.05, 3.63) is 34.3 Å². The molecular weight excluding hydrogens is 320 g/mol. The lowest BCUT2D eigenvalue weighted by Gasteiger charge is -2.39. The van der Waals surface area contributed by atoms with Gasteiger partial charge in [0.15, 0.2) is 0 Å². The largest absolute Gasteiger partial charge is 0.467 e. The highest BCUT2D eigenvalue weighted by Gasteiger charge is 2.43. The van der Waals surface area contributed by atoms with Gasteiger partial charge < -0.3 is 10.1 Å². The fraction of sp³-hybridized carbons (Fsp3) is 0.533. The summed E-state index contributed by atoms with van der Waals surface area (Å²) in [7, 11) is 1.45. The summed E-state index contributed by atoms with van der Waals surface area (Å²) in [4.78, 5) is 14.7. The fourth-order valence-electron chi connectivity index (χ4n) is 2.76. The lowest BCUT2D eigenvalue weighted by Crippen LogP contribution is -2.51. The molecule has 1 fully saturated rings. The maximum absolute atomic E-state index is 12.5. The molecule has 1 aliphatic heterocycles. The monoisotopic (exact) mass is 340 g/mol. The molecule has 0 saturated carbocycles. The number of methoxy groups -OCH3 is 1. The average Bonchev–Trinajstić information content (AvgIpc) is 2.75. The van der Waals surface area contributed by atoms with E-state index in [0.717, 1.165) is 42.6 Å². The Morgan fingerprint density at radius 1 is 1.35 bits per heavy atom. The van der Waals surface area contributed by atoms with E-state index in [1.807, 2.05) is 31.2 Å². The van der Waals surface area contributed by atoms with Crippen LogP contribution in [0.25, 0.3) is 0 Å². The summed E-state index contributed by atoms with van der Waals surface area (Å²) in [5.41, 5.74) is 0.190. The van der Waals surface area contributed by atoms with Crippen molar-refractivity contribution >= 4 is 21.9 Å². The Kier molecular flexibility index (Phi) is 5.18. The van der Waals surface area contributed by atoms with E-state index in [1.165, 1.54) is 7.11 Å². The van der Waals surface area contributed by atoms with Gasteiger partial charge in [0, 0.05) is 24.1 Å². The highest BCUT2D eigenvalue weighted by molar-refractivity contribution is 9.10. The quantitative estimate of drug-likeness (QED) is 0.856. The van der Waals surface area contributed by atoms with Crippen LogP contribution in [0.5, 0.6) is 0 Å². The Morgan fingerprint density at radius 2 is 2.10 bits per heavy atom. The van der Waals surface area contributed by atoms with Gasteiger partial charge in [0.2, 0.25) is 0 Å². The molecule has 0 aliphatic carbocycles. The van der Waals surface area contributed by atoms with Crippen molar-refractivity contribution in [2.45, 2.75) is 18.9 Å². The van der Waals surface area contributed by atoms with Crippen molar-refractivity contribution in [3.8, 4) is 0 Å². The number of rotatable bonds is 3. The molecule has 1 aromatic rings. The summed E-state index contributed by atoms with van der Waals surface area (Å²) in [5.74, 6) is -0.216. The van der Waals surface area contributed by atoms with Crippen LogP contribution < -0.4 is 5.32 Å². The second-order valence-electron chi connectivity index (χ2n) is 5.13. The van der Waals surface area contributed by atoms with Gasteiger partial charge in [0.05, 0.1) is 7.11 Å². The molecule has 1 heterocycles. The Labute approximate surface area is 128 Å². The van der Waals surface area contributed by atoms with E-state index in [9.17, 15) is 4.79 Å². The van der Waals surface area contributed by atoms with Crippen LogP contribution in [0.4, 0.5) is 0 Å². The van der Waals surface area contributed by atoms with Gasteiger partial charge >= 0.3 is 5.97 Å². The zero-order valence-corrected chi connectivity index (χ0v) is 13.6. The Morgan fingerprint density at radius 3 is 2.80 bits per heavy atom. The summed E-state index contributed by atoms with van der Waals surface area (Å²) in [6, 6.07) is 7.86. The first kappa shape index (κ1) is 15.5. The van der Waals surface area contributed by atoms with E-state index in [4.69, 9.17) is 4.74 Å². The number of benzene rings is 1. The van der Waals surface area contributed by atoms with Crippen LogP contribution >= 0.6 is 15.9 Å². The lowest BCUT2D eigenvalue weighted by molar-refractivity contribution is -0.155. The number of hydrogen-bond donors (Lipinski definition) is 1. The summed E-state index contributed by atoms with van der Waals surface area (Å²) in [5, 5.41) is 3.37. The molecule has 1 aromatic carbocycles. The Hall–Kier alpha value is -0.910. The first-order chi connectivity index (χ1) is 9.60. The van der Waals surface area contributed by atoms with Crippen molar-refractivity contribution in [1.29, 1.82) is 0 Å². The molecule has 0 spiro atoms. The van der Waals surface area contributed by atoms with Crippen LogP contribution in [-0.2, 0) is 15.1 Å². The van der Waals surface area contributed by atoms with Gasteiger partial charge in [-0.15, -0.1) is 0 Å². The summed E-state index contributed by atoms with van der Waals surface area (Å²) < 4.78 is 6.03. The van der Waals surface area contributed by atoms with Gasteiger partial charge in [-0.3, -0.25) is 4.90 Å². The molecule has 0 amide bonds.